The van der Waals surface area contributed by atoms with Crippen molar-refractivity contribution in [3.05, 3.63) is 64.9 Å². The van der Waals surface area contributed by atoms with Gasteiger partial charge in [0, 0.05) is 32.7 Å². The fraction of sp³-hybridized carbons (Fsp3) is 0.409. The first-order chi connectivity index (χ1) is 12.1. The van der Waals surface area contributed by atoms with E-state index in [1.54, 1.807) is 0 Å². The fourth-order valence-corrected chi connectivity index (χ4v) is 3.69. The van der Waals surface area contributed by atoms with E-state index in [-0.39, 0.29) is 0 Å². The van der Waals surface area contributed by atoms with Crippen LogP contribution < -0.4 is 0 Å². The van der Waals surface area contributed by atoms with Crippen LogP contribution in [0.1, 0.15) is 36.5 Å². The van der Waals surface area contributed by atoms with Crippen LogP contribution in [0.2, 0.25) is 0 Å². The van der Waals surface area contributed by atoms with Crippen LogP contribution in [0.15, 0.2) is 48.2 Å². The van der Waals surface area contributed by atoms with Crippen LogP contribution in [0.4, 0.5) is 0 Å². The molecule has 0 unspecified atom stereocenters. The lowest BCUT2D eigenvalue weighted by atomic mass is 9.99. The molecule has 3 heteroatoms. The maximum Gasteiger partial charge on any atom is 0.0968 e. The number of piperazine rings is 1. The summed E-state index contributed by atoms with van der Waals surface area (Å²) in [5, 5.41) is 9.35. The summed E-state index contributed by atoms with van der Waals surface area (Å²) < 4.78 is 0. The molecule has 0 spiro atoms. The van der Waals surface area contributed by atoms with E-state index in [4.69, 9.17) is 0 Å². The average molecular weight is 333 g/mol. The molecule has 1 aromatic rings. The molecule has 1 aromatic carbocycles. The SMILES string of the molecule is C=C(C)c1cc(CN2CCN(C3=C(C#N)CCC=C3)CC2)ccc1C. The zero-order valence-corrected chi connectivity index (χ0v) is 15.4. The summed E-state index contributed by atoms with van der Waals surface area (Å²) >= 11 is 0. The van der Waals surface area contributed by atoms with E-state index in [0.29, 0.717) is 0 Å². The van der Waals surface area contributed by atoms with Crippen molar-refractivity contribution in [2.75, 3.05) is 26.2 Å². The first-order valence-electron chi connectivity index (χ1n) is 9.11. The number of nitrogens with zero attached hydrogens (tertiary/aromatic N) is 3. The Morgan fingerprint density at radius 1 is 1.24 bits per heavy atom. The molecule has 3 rings (SSSR count). The number of allylic oxidation sites excluding steroid dienone is 4. The zero-order valence-electron chi connectivity index (χ0n) is 15.4. The maximum absolute atomic E-state index is 9.35. The van der Waals surface area contributed by atoms with Crippen LogP contribution in [0.25, 0.3) is 5.57 Å². The topological polar surface area (TPSA) is 30.3 Å². The number of hydrogen-bond acceptors (Lipinski definition) is 3. The Morgan fingerprint density at radius 2 is 2.00 bits per heavy atom. The Morgan fingerprint density at radius 3 is 2.68 bits per heavy atom. The van der Waals surface area contributed by atoms with E-state index in [0.717, 1.165) is 62.4 Å². The van der Waals surface area contributed by atoms with Crippen LogP contribution in [0.3, 0.4) is 0 Å². The highest BCUT2D eigenvalue weighted by Crippen LogP contribution is 2.24. The van der Waals surface area contributed by atoms with Crippen molar-refractivity contribution in [2.24, 2.45) is 0 Å². The molecule has 0 saturated carbocycles. The lowest BCUT2D eigenvalue weighted by Crippen LogP contribution is -2.45. The second-order valence-corrected chi connectivity index (χ2v) is 7.11. The molecule has 130 valence electrons. The second kappa shape index (κ2) is 7.72. The fourth-order valence-electron chi connectivity index (χ4n) is 3.69. The van der Waals surface area contributed by atoms with E-state index in [1.807, 2.05) is 0 Å². The molecule has 1 heterocycles. The summed E-state index contributed by atoms with van der Waals surface area (Å²) in [5.74, 6) is 0. The molecule has 1 saturated heterocycles. The third-order valence-electron chi connectivity index (χ3n) is 5.16. The van der Waals surface area contributed by atoms with E-state index >= 15 is 0 Å². The van der Waals surface area contributed by atoms with Gasteiger partial charge in [0.05, 0.1) is 17.3 Å². The van der Waals surface area contributed by atoms with Gasteiger partial charge in [-0.2, -0.15) is 5.26 Å². The van der Waals surface area contributed by atoms with Gasteiger partial charge < -0.3 is 4.90 Å². The highest BCUT2D eigenvalue weighted by Gasteiger charge is 2.21. The minimum atomic E-state index is 0.885. The van der Waals surface area contributed by atoms with Gasteiger partial charge in [0.1, 0.15) is 0 Å². The zero-order chi connectivity index (χ0) is 17.8. The Labute approximate surface area is 151 Å². The predicted molar refractivity (Wildman–Crippen MR) is 104 cm³/mol. The van der Waals surface area contributed by atoms with E-state index in [9.17, 15) is 5.26 Å². The van der Waals surface area contributed by atoms with Gasteiger partial charge in [0.25, 0.3) is 0 Å². The van der Waals surface area contributed by atoms with Gasteiger partial charge in [-0.25, -0.2) is 0 Å². The van der Waals surface area contributed by atoms with Crippen LogP contribution in [-0.4, -0.2) is 36.0 Å². The Hall–Kier alpha value is -2.31. The van der Waals surface area contributed by atoms with Crippen LogP contribution in [0.5, 0.6) is 0 Å². The summed E-state index contributed by atoms with van der Waals surface area (Å²) in [7, 11) is 0. The molecule has 3 nitrogen and oxygen atoms in total. The molecule has 25 heavy (non-hydrogen) atoms. The van der Waals surface area contributed by atoms with Crippen molar-refractivity contribution < 1.29 is 0 Å². The van der Waals surface area contributed by atoms with Gasteiger partial charge in [0.15, 0.2) is 0 Å². The number of rotatable bonds is 4. The summed E-state index contributed by atoms with van der Waals surface area (Å²) in [5.41, 5.74) is 7.14. The van der Waals surface area contributed by atoms with Gasteiger partial charge in [-0.15, -0.1) is 0 Å². The van der Waals surface area contributed by atoms with Crippen molar-refractivity contribution in [3.8, 4) is 6.07 Å². The third-order valence-corrected chi connectivity index (χ3v) is 5.16. The van der Waals surface area contributed by atoms with Gasteiger partial charge in [0.2, 0.25) is 0 Å². The average Bonchev–Trinajstić information content (AvgIpc) is 2.63. The molecule has 0 aromatic heterocycles. The second-order valence-electron chi connectivity index (χ2n) is 7.11. The highest BCUT2D eigenvalue weighted by atomic mass is 15.3. The summed E-state index contributed by atoms with van der Waals surface area (Å²) in [6, 6.07) is 9.10. The van der Waals surface area contributed by atoms with Crippen molar-refractivity contribution >= 4 is 5.57 Å². The van der Waals surface area contributed by atoms with Crippen molar-refractivity contribution in [3.63, 3.8) is 0 Å². The molecular formula is C22H27N3. The van der Waals surface area contributed by atoms with Crippen molar-refractivity contribution in [1.29, 1.82) is 5.26 Å². The molecule has 0 amide bonds. The third kappa shape index (κ3) is 4.03. The Balaban J connectivity index is 1.63. The Kier molecular flexibility index (Phi) is 5.40. The summed E-state index contributed by atoms with van der Waals surface area (Å²) in [4.78, 5) is 4.88. The van der Waals surface area contributed by atoms with Crippen molar-refractivity contribution in [2.45, 2.75) is 33.2 Å². The van der Waals surface area contributed by atoms with Gasteiger partial charge in [-0.05, 0) is 55.5 Å². The minimum absolute atomic E-state index is 0.885. The monoisotopic (exact) mass is 333 g/mol. The van der Waals surface area contributed by atoms with Gasteiger partial charge in [-0.1, -0.05) is 30.4 Å². The number of benzene rings is 1. The standard InChI is InChI=1S/C22H27N3/c1-17(2)21-14-19(9-8-18(21)3)16-24-10-12-25(13-11-24)22-7-5-4-6-20(22)15-23/h5,7-9,14H,1,4,6,10-13,16H2,2-3H3. The molecule has 0 N–H and O–H groups in total. The summed E-state index contributed by atoms with van der Waals surface area (Å²) in [6.45, 7) is 13.3. The molecule has 0 atom stereocenters. The Bertz CT molecular complexity index is 756. The molecule has 0 radical (unpaired) electrons. The normalized spacial score (nSPS) is 18.4. The number of aryl methyl sites for hydroxylation is 1. The quantitative estimate of drug-likeness (QED) is 0.824. The van der Waals surface area contributed by atoms with Crippen molar-refractivity contribution in [1.82, 2.24) is 9.80 Å². The minimum Gasteiger partial charge on any atom is -0.368 e. The van der Waals surface area contributed by atoms with E-state index < -0.39 is 0 Å². The highest BCUT2D eigenvalue weighted by molar-refractivity contribution is 5.65. The lowest BCUT2D eigenvalue weighted by Gasteiger charge is -2.37. The molecule has 0 bridgehead atoms. The van der Waals surface area contributed by atoms with Crippen LogP contribution in [-0.2, 0) is 6.54 Å². The number of nitriles is 1. The molecule has 2 aliphatic rings. The summed E-state index contributed by atoms with van der Waals surface area (Å²) in [6.07, 6.45) is 6.20. The first-order valence-corrected chi connectivity index (χ1v) is 9.11. The number of hydrogen-bond donors (Lipinski definition) is 0. The maximum atomic E-state index is 9.35. The van der Waals surface area contributed by atoms with E-state index in [1.165, 1.54) is 16.7 Å². The predicted octanol–water partition coefficient (Wildman–Crippen LogP) is 4.27. The molecule has 1 aliphatic heterocycles. The smallest absolute Gasteiger partial charge is 0.0968 e. The first kappa shape index (κ1) is 17.5. The lowest BCUT2D eigenvalue weighted by molar-refractivity contribution is 0.155. The van der Waals surface area contributed by atoms with Gasteiger partial charge in [-0.3, -0.25) is 4.90 Å². The van der Waals surface area contributed by atoms with E-state index in [2.05, 4.69) is 66.6 Å². The van der Waals surface area contributed by atoms with Crippen LogP contribution >= 0.6 is 0 Å². The molecular weight excluding hydrogens is 306 g/mol. The largest absolute Gasteiger partial charge is 0.368 e. The molecule has 1 aliphatic carbocycles. The van der Waals surface area contributed by atoms with Gasteiger partial charge >= 0.3 is 0 Å². The molecule has 1 fully saturated rings. The van der Waals surface area contributed by atoms with Crippen LogP contribution in [0, 0.1) is 18.3 Å².